The van der Waals surface area contributed by atoms with Gasteiger partial charge in [-0.2, -0.15) is 0 Å². The van der Waals surface area contributed by atoms with E-state index < -0.39 is 18.3 Å². The maximum Gasteiger partial charge on any atom is 0.498 e. The SMILES string of the molecule is CC1(C)OB(c2cc(-c3ccccc3)ccc2O)OC1(C)C. The molecule has 0 aliphatic carbocycles. The van der Waals surface area contributed by atoms with Crippen molar-refractivity contribution in [1.29, 1.82) is 0 Å². The van der Waals surface area contributed by atoms with Gasteiger partial charge in [0.15, 0.2) is 0 Å². The van der Waals surface area contributed by atoms with Gasteiger partial charge in [0.25, 0.3) is 0 Å². The fourth-order valence-corrected chi connectivity index (χ4v) is 2.52. The zero-order valence-corrected chi connectivity index (χ0v) is 13.5. The van der Waals surface area contributed by atoms with Crippen LogP contribution >= 0.6 is 0 Å². The van der Waals surface area contributed by atoms with Crippen LogP contribution in [0.4, 0.5) is 0 Å². The molecule has 0 spiro atoms. The third kappa shape index (κ3) is 2.53. The second kappa shape index (κ2) is 5.15. The summed E-state index contributed by atoms with van der Waals surface area (Å²) in [5, 5.41) is 10.2. The highest BCUT2D eigenvalue weighted by Gasteiger charge is 2.52. The van der Waals surface area contributed by atoms with Crippen LogP contribution in [0.25, 0.3) is 11.1 Å². The Morgan fingerprint density at radius 1 is 0.818 bits per heavy atom. The minimum Gasteiger partial charge on any atom is -0.508 e. The summed E-state index contributed by atoms with van der Waals surface area (Å²) in [6, 6.07) is 15.6. The molecule has 22 heavy (non-hydrogen) atoms. The summed E-state index contributed by atoms with van der Waals surface area (Å²) in [5.41, 5.74) is 1.95. The Bertz CT molecular complexity index is 664. The predicted octanol–water partition coefficient (Wildman–Crippen LogP) is 3.36. The molecule has 114 valence electrons. The van der Waals surface area contributed by atoms with E-state index in [-0.39, 0.29) is 5.75 Å². The van der Waals surface area contributed by atoms with Gasteiger partial charge in [0, 0.05) is 5.46 Å². The molecule has 1 fully saturated rings. The molecule has 0 unspecified atom stereocenters. The maximum absolute atomic E-state index is 10.2. The van der Waals surface area contributed by atoms with Gasteiger partial charge in [-0.25, -0.2) is 0 Å². The maximum atomic E-state index is 10.2. The Morgan fingerprint density at radius 2 is 1.41 bits per heavy atom. The molecule has 4 heteroatoms. The largest absolute Gasteiger partial charge is 0.508 e. The van der Waals surface area contributed by atoms with E-state index in [0.717, 1.165) is 11.1 Å². The molecule has 0 radical (unpaired) electrons. The van der Waals surface area contributed by atoms with E-state index in [4.69, 9.17) is 9.31 Å². The van der Waals surface area contributed by atoms with E-state index in [9.17, 15) is 5.11 Å². The van der Waals surface area contributed by atoms with Crippen LogP contribution in [-0.2, 0) is 9.31 Å². The van der Waals surface area contributed by atoms with Gasteiger partial charge in [0.2, 0.25) is 0 Å². The van der Waals surface area contributed by atoms with Crippen LogP contribution in [0, 0.1) is 0 Å². The Hall–Kier alpha value is -1.78. The van der Waals surface area contributed by atoms with Gasteiger partial charge in [0.05, 0.1) is 11.2 Å². The second-order valence-electron chi connectivity index (χ2n) is 6.73. The quantitative estimate of drug-likeness (QED) is 0.864. The fraction of sp³-hybridized carbons (Fsp3) is 0.333. The first-order valence-corrected chi connectivity index (χ1v) is 7.54. The van der Waals surface area contributed by atoms with Crippen molar-refractivity contribution in [3.63, 3.8) is 0 Å². The molecule has 1 heterocycles. The highest BCUT2D eigenvalue weighted by molar-refractivity contribution is 6.63. The van der Waals surface area contributed by atoms with E-state index in [0.29, 0.717) is 5.46 Å². The lowest BCUT2D eigenvalue weighted by molar-refractivity contribution is 0.00578. The number of benzene rings is 2. The summed E-state index contributed by atoms with van der Waals surface area (Å²) in [5.74, 6) is 0.193. The van der Waals surface area contributed by atoms with E-state index in [1.54, 1.807) is 6.07 Å². The van der Waals surface area contributed by atoms with Crippen LogP contribution in [-0.4, -0.2) is 23.4 Å². The third-order valence-electron chi connectivity index (χ3n) is 4.64. The normalized spacial score (nSPS) is 19.4. The molecule has 2 aromatic rings. The highest BCUT2D eigenvalue weighted by Crippen LogP contribution is 2.37. The van der Waals surface area contributed by atoms with E-state index in [1.165, 1.54) is 0 Å². The van der Waals surface area contributed by atoms with Crippen molar-refractivity contribution in [2.24, 2.45) is 0 Å². The average Bonchev–Trinajstić information content (AvgIpc) is 2.69. The molecule has 2 aromatic carbocycles. The molecule has 1 aliphatic heterocycles. The highest BCUT2D eigenvalue weighted by atomic mass is 16.7. The third-order valence-corrected chi connectivity index (χ3v) is 4.64. The first-order chi connectivity index (χ1) is 10.3. The van der Waals surface area contributed by atoms with E-state index in [1.807, 2.05) is 70.2 Å². The van der Waals surface area contributed by atoms with Crippen molar-refractivity contribution in [3.8, 4) is 16.9 Å². The summed E-state index contributed by atoms with van der Waals surface area (Å²) < 4.78 is 12.1. The molecule has 3 rings (SSSR count). The van der Waals surface area contributed by atoms with Crippen molar-refractivity contribution in [2.45, 2.75) is 38.9 Å². The van der Waals surface area contributed by atoms with Crippen LogP contribution in [0.15, 0.2) is 48.5 Å². The first kappa shape index (κ1) is 15.1. The van der Waals surface area contributed by atoms with Crippen molar-refractivity contribution in [3.05, 3.63) is 48.5 Å². The number of hydrogen-bond acceptors (Lipinski definition) is 3. The lowest BCUT2D eigenvalue weighted by Gasteiger charge is -2.32. The topological polar surface area (TPSA) is 38.7 Å². The molecule has 1 N–H and O–H groups in total. The van der Waals surface area contributed by atoms with E-state index in [2.05, 4.69) is 0 Å². The van der Waals surface area contributed by atoms with Crippen LogP contribution < -0.4 is 5.46 Å². The summed E-state index contributed by atoms with van der Waals surface area (Å²) in [4.78, 5) is 0. The Kier molecular flexibility index (Phi) is 3.54. The average molecular weight is 296 g/mol. The van der Waals surface area contributed by atoms with Crippen LogP contribution in [0.2, 0.25) is 0 Å². The Labute approximate surface area is 132 Å². The zero-order chi connectivity index (χ0) is 16.0. The molecule has 1 aliphatic rings. The molecular formula is C18H21BO3. The number of phenols is 1. The molecular weight excluding hydrogens is 275 g/mol. The van der Waals surface area contributed by atoms with Gasteiger partial charge in [-0.05, 0) is 44.9 Å². The standard InChI is InChI=1S/C18H21BO3/c1-17(2)18(3,4)22-19(21-17)15-12-14(10-11-16(15)20)13-8-6-5-7-9-13/h5-12,20H,1-4H3. The van der Waals surface area contributed by atoms with Crippen molar-refractivity contribution >= 4 is 12.6 Å². The van der Waals surface area contributed by atoms with Crippen LogP contribution in [0.5, 0.6) is 5.75 Å². The monoisotopic (exact) mass is 296 g/mol. The number of rotatable bonds is 2. The second-order valence-corrected chi connectivity index (χ2v) is 6.73. The van der Waals surface area contributed by atoms with Crippen LogP contribution in [0.3, 0.4) is 0 Å². The van der Waals surface area contributed by atoms with Gasteiger partial charge in [-0.1, -0.05) is 42.5 Å². The van der Waals surface area contributed by atoms with Gasteiger partial charge < -0.3 is 14.4 Å². The van der Waals surface area contributed by atoms with E-state index >= 15 is 0 Å². The molecule has 0 aromatic heterocycles. The number of aromatic hydroxyl groups is 1. The minimum atomic E-state index is -0.561. The van der Waals surface area contributed by atoms with Crippen LogP contribution in [0.1, 0.15) is 27.7 Å². The van der Waals surface area contributed by atoms with Crippen molar-refractivity contribution in [1.82, 2.24) is 0 Å². The fourth-order valence-electron chi connectivity index (χ4n) is 2.52. The first-order valence-electron chi connectivity index (χ1n) is 7.54. The van der Waals surface area contributed by atoms with Crippen molar-refractivity contribution < 1.29 is 14.4 Å². The summed E-state index contributed by atoms with van der Waals surface area (Å²) in [7, 11) is -0.561. The molecule has 0 saturated carbocycles. The summed E-state index contributed by atoms with van der Waals surface area (Å²) in [6.45, 7) is 8.02. The molecule has 0 amide bonds. The lowest BCUT2D eigenvalue weighted by atomic mass is 9.77. The Morgan fingerprint density at radius 3 is 2.00 bits per heavy atom. The van der Waals surface area contributed by atoms with Crippen molar-refractivity contribution in [2.75, 3.05) is 0 Å². The van der Waals surface area contributed by atoms with Gasteiger partial charge in [-0.3, -0.25) is 0 Å². The number of hydrogen-bond donors (Lipinski definition) is 1. The number of phenolic OH excluding ortho intramolecular Hbond substituents is 1. The zero-order valence-electron chi connectivity index (χ0n) is 13.5. The summed E-state index contributed by atoms with van der Waals surface area (Å²) >= 11 is 0. The van der Waals surface area contributed by atoms with Gasteiger partial charge >= 0.3 is 7.12 Å². The predicted molar refractivity (Wildman–Crippen MR) is 89.3 cm³/mol. The van der Waals surface area contributed by atoms with Gasteiger partial charge in [0.1, 0.15) is 5.75 Å². The Balaban J connectivity index is 1.99. The summed E-state index contributed by atoms with van der Waals surface area (Å²) in [6.07, 6.45) is 0. The molecule has 0 atom stereocenters. The molecule has 3 nitrogen and oxygen atoms in total. The lowest BCUT2D eigenvalue weighted by Crippen LogP contribution is -2.41. The van der Waals surface area contributed by atoms with Gasteiger partial charge in [-0.15, -0.1) is 0 Å². The smallest absolute Gasteiger partial charge is 0.498 e. The molecule has 1 saturated heterocycles. The minimum absolute atomic E-state index is 0.193. The molecule has 0 bridgehead atoms.